The van der Waals surface area contributed by atoms with Crippen molar-refractivity contribution in [1.82, 2.24) is 10.4 Å². The van der Waals surface area contributed by atoms with Gasteiger partial charge in [0.2, 0.25) is 0 Å². The van der Waals surface area contributed by atoms with E-state index in [0.717, 1.165) is 5.56 Å². The van der Waals surface area contributed by atoms with Gasteiger partial charge in [-0.05, 0) is 18.2 Å². The van der Waals surface area contributed by atoms with Crippen molar-refractivity contribution < 1.29 is 9.18 Å². The van der Waals surface area contributed by atoms with E-state index in [9.17, 15) is 9.18 Å². The maximum Gasteiger partial charge on any atom is 0.274 e. The van der Waals surface area contributed by atoms with Crippen LogP contribution in [-0.2, 0) is 0 Å². The Bertz CT molecular complexity index is 569. The maximum atomic E-state index is 13.3. The van der Waals surface area contributed by atoms with Crippen molar-refractivity contribution in [3.05, 3.63) is 65.7 Å². The van der Waals surface area contributed by atoms with Crippen molar-refractivity contribution in [2.75, 3.05) is 0 Å². The minimum atomic E-state index is -0.590. The monoisotopic (exact) mass is 243 g/mol. The van der Waals surface area contributed by atoms with Gasteiger partial charge in [0, 0.05) is 18.0 Å². The number of nitrogens with zero attached hydrogens (tertiary/aromatic N) is 2. The molecule has 0 aliphatic heterocycles. The number of amides is 1. The number of nitrogens with one attached hydrogen (secondary N) is 1. The third-order valence-electron chi connectivity index (χ3n) is 2.18. The van der Waals surface area contributed by atoms with Gasteiger partial charge >= 0.3 is 0 Å². The van der Waals surface area contributed by atoms with E-state index in [0.29, 0.717) is 0 Å². The van der Waals surface area contributed by atoms with E-state index in [1.165, 1.54) is 24.4 Å². The Morgan fingerprint density at radius 2 is 2.11 bits per heavy atom. The van der Waals surface area contributed by atoms with Crippen LogP contribution in [0.4, 0.5) is 4.39 Å². The molecule has 4 nitrogen and oxygen atoms in total. The number of aromatic nitrogens is 1. The second-order valence-corrected chi connectivity index (χ2v) is 3.47. The molecule has 0 atom stereocenters. The Balaban J connectivity index is 2.01. The largest absolute Gasteiger partial charge is 0.274 e. The summed E-state index contributed by atoms with van der Waals surface area (Å²) in [5.41, 5.74) is 2.95. The topological polar surface area (TPSA) is 54.4 Å². The van der Waals surface area contributed by atoms with Crippen LogP contribution in [0, 0.1) is 5.82 Å². The molecule has 0 aliphatic carbocycles. The van der Waals surface area contributed by atoms with Gasteiger partial charge in [-0.3, -0.25) is 9.78 Å². The van der Waals surface area contributed by atoms with Gasteiger partial charge in [-0.1, -0.05) is 18.2 Å². The molecule has 1 heterocycles. The zero-order chi connectivity index (χ0) is 12.8. The van der Waals surface area contributed by atoms with Gasteiger partial charge < -0.3 is 0 Å². The van der Waals surface area contributed by atoms with Crippen LogP contribution < -0.4 is 5.43 Å². The summed E-state index contributed by atoms with van der Waals surface area (Å²) in [6.45, 7) is 0. The third-order valence-corrected chi connectivity index (χ3v) is 2.18. The number of hydrazone groups is 1. The van der Waals surface area contributed by atoms with E-state index in [1.54, 1.807) is 30.6 Å². The average Bonchev–Trinajstić information content (AvgIpc) is 2.40. The molecule has 1 aromatic heterocycles. The van der Waals surface area contributed by atoms with Crippen molar-refractivity contribution in [2.45, 2.75) is 0 Å². The lowest BCUT2D eigenvalue weighted by molar-refractivity contribution is 0.0951. The van der Waals surface area contributed by atoms with E-state index in [4.69, 9.17) is 0 Å². The molecule has 0 radical (unpaired) electrons. The molecule has 0 aliphatic rings. The first kappa shape index (κ1) is 11.9. The first-order valence-electron chi connectivity index (χ1n) is 5.25. The molecule has 0 spiro atoms. The summed E-state index contributed by atoms with van der Waals surface area (Å²) in [7, 11) is 0. The van der Waals surface area contributed by atoms with Gasteiger partial charge in [0.05, 0.1) is 11.8 Å². The molecule has 0 fully saturated rings. The molecule has 90 valence electrons. The van der Waals surface area contributed by atoms with E-state index < -0.39 is 11.7 Å². The molecule has 2 rings (SSSR count). The molecule has 18 heavy (non-hydrogen) atoms. The van der Waals surface area contributed by atoms with Crippen molar-refractivity contribution in [3.63, 3.8) is 0 Å². The smallest absolute Gasteiger partial charge is 0.267 e. The third kappa shape index (κ3) is 2.98. The predicted molar refractivity (Wildman–Crippen MR) is 65.7 cm³/mol. The number of hydrogen-bond donors (Lipinski definition) is 1. The van der Waals surface area contributed by atoms with Crippen LogP contribution in [0.25, 0.3) is 0 Å². The summed E-state index contributed by atoms with van der Waals surface area (Å²) < 4.78 is 13.3. The molecule has 1 amide bonds. The Morgan fingerprint density at radius 1 is 1.28 bits per heavy atom. The number of halogens is 1. The first-order valence-corrected chi connectivity index (χ1v) is 5.25. The summed E-state index contributed by atoms with van der Waals surface area (Å²) in [5.74, 6) is -1.17. The Labute approximate surface area is 103 Å². The fourth-order valence-electron chi connectivity index (χ4n) is 1.32. The van der Waals surface area contributed by atoms with Crippen LogP contribution in [0.5, 0.6) is 0 Å². The molecule has 0 bridgehead atoms. The van der Waals surface area contributed by atoms with Crippen LogP contribution >= 0.6 is 0 Å². The molecule has 5 heteroatoms. The van der Waals surface area contributed by atoms with Gasteiger partial charge in [-0.15, -0.1) is 0 Å². The number of benzene rings is 1. The van der Waals surface area contributed by atoms with Crippen LogP contribution in [0.3, 0.4) is 0 Å². The Morgan fingerprint density at radius 3 is 2.83 bits per heavy atom. The first-order chi connectivity index (χ1) is 8.77. The van der Waals surface area contributed by atoms with E-state index in [2.05, 4.69) is 15.5 Å². The van der Waals surface area contributed by atoms with Crippen molar-refractivity contribution in [1.29, 1.82) is 0 Å². The van der Waals surface area contributed by atoms with Crippen LogP contribution in [0.2, 0.25) is 0 Å². The number of pyridine rings is 1. The highest BCUT2D eigenvalue weighted by atomic mass is 19.1. The van der Waals surface area contributed by atoms with Gasteiger partial charge in [-0.25, -0.2) is 9.82 Å². The molecule has 1 N–H and O–H groups in total. The average molecular weight is 243 g/mol. The molecule has 0 unspecified atom stereocenters. The van der Waals surface area contributed by atoms with Crippen LogP contribution in [0.1, 0.15) is 15.9 Å². The lowest BCUT2D eigenvalue weighted by atomic mass is 10.2. The van der Waals surface area contributed by atoms with E-state index in [-0.39, 0.29) is 5.56 Å². The fraction of sp³-hybridized carbons (Fsp3) is 0. The number of hydrogen-bond acceptors (Lipinski definition) is 3. The highest BCUT2D eigenvalue weighted by Gasteiger charge is 2.08. The fourth-order valence-corrected chi connectivity index (χ4v) is 1.32. The predicted octanol–water partition coefficient (Wildman–Crippen LogP) is 1.98. The minimum Gasteiger partial charge on any atom is -0.267 e. The van der Waals surface area contributed by atoms with E-state index >= 15 is 0 Å². The SMILES string of the molecule is O=C(NN=Cc1cccnc1)c1ccccc1F. The molecule has 1 aromatic carbocycles. The number of carbonyl (C=O) groups is 1. The summed E-state index contributed by atoms with van der Waals surface area (Å²) in [6, 6.07) is 9.25. The standard InChI is InChI=1S/C13H10FN3O/c14-12-6-2-1-5-11(12)13(18)17-16-9-10-4-3-7-15-8-10/h1-9H,(H,17,18). The lowest BCUT2D eigenvalue weighted by Crippen LogP contribution is -2.18. The number of rotatable bonds is 3. The molecule has 0 saturated carbocycles. The van der Waals surface area contributed by atoms with Crippen molar-refractivity contribution >= 4 is 12.1 Å². The van der Waals surface area contributed by atoms with Crippen LogP contribution in [0.15, 0.2) is 53.9 Å². The van der Waals surface area contributed by atoms with E-state index in [1.807, 2.05) is 0 Å². The lowest BCUT2D eigenvalue weighted by Gasteiger charge is -2.00. The van der Waals surface area contributed by atoms with Gasteiger partial charge in [0.25, 0.3) is 5.91 Å². The Hall–Kier alpha value is -2.56. The normalized spacial score (nSPS) is 10.5. The Kier molecular flexibility index (Phi) is 3.76. The molecular formula is C13H10FN3O. The zero-order valence-corrected chi connectivity index (χ0v) is 9.38. The number of carbonyl (C=O) groups excluding carboxylic acids is 1. The van der Waals surface area contributed by atoms with Gasteiger partial charge in [-0.2, -0.15) is 5.10 Å². The van der Waals surface area contributed by atoms with Crippen molar-refractivity contribution in [3.8, 4) is 0 Å². The highest BCUT2D eigenvalue weighted by molar-refractivity contribution is 5.95. The summed E-state index contributed by atoms with van der Waals surface area (Å²) in [5, 5.41) is 3.73. The van der Waals surface area contributed by atoms with Crippen molar-refractivity contribution in [2.24, 2.45) is 5.10 Å². The second kappa shape index (κ2) is 5.67. The summed E-state index contributed by atoms with van der Waals surface area (Å²) in [4.78, 5) is 15.5. The summed E-state index contributed by atoms with van der Waals surface area (Å²) >= 11 is 0. The minimum absolute atomic E-state index is 0.0409. The maximum absolute atomic E-state index is 13.3. The quantitative estimate of drug-likeness (QED) is 0.662. The molecular weight excluding hydrogens is 233 g/mol. The van der Waals surface area contributed by atoms with Gasteiger partial charge in [0.1, 0.15) is 5.82 Å². The second-order valence-electron chi connectivity index (χ2n) is 3.47. The zero-order valence-electron chi connectivity index (χ0n) is 9.38. The van der Waals surface area contributed by atoms with Crippen LogP contribution in [-0.4, -0.2) is 17.1 Å². The molecule has 0 saturated heterocycles. The summed E-state index contributed by atoms with van der Waals surface area (Å²) in [6.07, 6.45) is 4.67. The molecule has 2 aromatic rings. The van der Waals surface area contributed by atoms with Gasteiger partial charge in [0.15, 0.2) is 0 Å². The highest BCUT2D eigenvalue weighted by Crippen LogP contribution is 2.05.